The zero-order valence-corrected chi connectivity index (χ0v) is 14.9. The van der Waals surface area contributed by atoms with Crippen LogP contribution in [0.5, 0.6) is 0 Å². The summed E-state index contributed by atoms with van der Waals surface area (Å²) in [6.07, 6.45) is 1.04. The zero-order valence-electron chi connectivity index (χ0n) is 14.0. The Labute approximate surface area is 144 Å². The van der Waals surface area contributed by atoms with Crippen LogP contribution in [0.3, 0.4) is 0 Å². The lowest BCUT2D eigenvalue weighted by Gasteiger charge is -2.24. The van der Waals surface area contributed by atoms with Crippen LogP contribution in [0.25, 0.3) is 0 Å². The van der Waals surface area contributed by atoms with E-state index in [1.54, 1.807) is 0 Å². The first-order valence-electron chi connectivity index (χ1n) is 7.94. The molecule has 0 aliphatic carbocycles. The third-order valence-corrected chi connectivity index (χ3v) is 3.89. The van der Waals surface area contributed by atoms with Crippen molar-refractivity contribution in [3.63, 3.8) is 0 Å². The molecule has 2 aromatic carbocycles. The van der Waals surface area contributed by atoms with Crippen molar-refractivity contribution in [2.75, 3.05) is 26.0 Å². The van der Waals surface area contributed by atoms with Gasteiger partial charge in [-0.3, -0.25) is 0 Å². The Morgan fingerprint density at radius 1 is 1.04 bits per heavy atom. The van der Waals surface area contributed by atoms with Gasteiger partial charge in [0.2, 0.25) is 0 Å². The molecule has 1 atom stereocenters. The summed E-state index contributed by atoms with van der Waals surface area (Å²) in [6, 6.07) is 18.9. The first kappa shape index (κ1) is 17.4. The number of likely N-dealkylation sites (N-methyl/N-ethyl adjacent to an activating group) is 1. The number of hydrogen-bond acceptors (Lipinski definition) is 2. The average molecular weight is 327 g/mol. The van der Waals surface area contributed by atoms with Gasteiger partial charge < -0.3 is 15.5 Å². The zero-order chi connectivity index (χ0) is 16.7. The van der Waals surface area contributed by atoms with Gasteiger partial charge in [-0.25, -0.2) is 0 Å². The van der Waals surface area contributed by atoms with E-state index in [1.165, 1.54) is 11.1 Å². The van der Waals surface area contributed by atoms with E-state index >= 15 is 0 Å². The van der Waals surface area contributed by atoms with Gasteiger partial charge in [0, 0.05) is 12.2 Å². The van der Waals surface area contributed by atoms with Crippen molar-refractivity contribution >= 4 is 23.0 Å². The van der Waals surface area contributed by atoms with Gasteiger partial charge in [0.05, 0.1) is 6.04 Å². The summed E-state index contributed by atoms with van der Waals surface area (Å²) in [4.78, 5) is 2.16. The molecule has 0 amide bonds. The van der Waals surface area contributed by atoms with Gasteiger partial charge in [0.25, 0.3) is 0 Å². The van der Waals surface area contributed by atoms with Gasteiger partial charge in [-0.15, -0.1) is 0 Å². The van der Waals surface area contributed by atoms with Crippen LogP contribution in [0.4, 0.5) is 5.69 Å². The van der Waals surface area contributed by atoms with E-state index in [0.29, 0.717) is 5.11 Å². The third kappa shape index (κ3) is 5.66. The van der Waals surface area contributed by atoms with Crippen molar-refractivity contribution in [3.05, 3.63) is 65.7 Å². The summed E-state index contributed by atoms with van der Waals surface area (Å²) in [5.41, 5.74) is 3.56. The van der Waals surface area contributed by atoms with Crippen molar-refractivity contribution in [1.82, 2.24) is 10.2 Å². The second kappa shape index (κ2) is 8.65. The number of hydrogen-bond donors (Lipinski definition) is 2. The Hall–Kier alpha value is -1.91. The van der Waals surface area contributed by atoms with E-state index in [2.05, 4.69) is 85.1 Å². The summed E-state index contributed by atoms with van der Waals surface area (Å²) in [6.45, 7) is 3.03. The van der Waals surface area contributed by atoms with Crippen LogP contribution >= 0.6 is 12.2 Å². The minimum Gasteiger partial charge on any atom is -0.354 e. The molecule has 0 heterocycles. The van der Waals surface area contributed by atoms with Gasteiger partial charge in [0.1, 0.15) is 0 Å². The fourth-order valence-electron chi connectivity index (χ4n) is 2.43. The molecule has 3 nitrogen and oxygen atoms in total. The number of nitrogens with zero attached hydrogens (tertiary/aromatic N) is 1. The quantitative estimate of drug-likeness (QED) is 0.788. The molecule has 2 N–H and O–H groups in total. The van der Waals surface area contributed by atoms with Gasteiger partial charge in [-0.1, -0.05) is 49.4 Å². The molecule has 0 fully saturated rings. The van der Waals surface area contributed by atoms with Crippen molar-refractivity contribution in [3.8, 4) is 0 Å². The fraction of sp³-hybridized carbons (Fsp3) is 0.316. The van der Waals surface area contributed by atoms with Crippen LogP contribution in [-0.4, -0.2) is 30.7 Å². The highest BCUT2D eigenvalue weighted by Crippen LogP contribution is 2.15. The number of nitrogens with one attached hydrogen (secondary N) is 2. The van der Waals surface area contributed by atoms with Crippen molar-refractivity contribution in [2.24, 2.45) is 0 Å². The lowest BCUT2D eigenvalue weighted by Crippen LogP contribution is -2.37. The van der Waals surface area contributed by atoms with E-state index in [9.17, 15) is 0 Å². The first-order chi connectivity index (χ1) is 11.1. The van der Waals surface area contributed by atoms with E-state index in [0.717, 1.165) is 18.7 Å². The van der Waals surface area contributed by atoms with Crippen LogP contribution in [0, 0.1) is 0 Å². The minimum absolute atomic E-state index is 0.154. The lowest BCUT2D eigenvalue weighted by molar-refractivity contribution is 0.363. The molecular formula is C19H25N3S. The topological polar surface area (TPSA) is 27.3 Å². The van der Waals surface area contributed by atoms with Crippen LogP contribution < -0.4 is 10.6 Å². The Morgan fingerprint density at radius 3 is 2.26 bits per heavy atom. The maximum Gasteiger partial charge on any atom is 0.171 e. The lowest BCUT2D eigenvalue weighted by atomic mass is 10.1. The molecule has 122 valence electrons. The molecule has 0 aliphatic heterocycles. The molecule has 0 aliphatic rings. The monoisotopic (exact) mass is 327 g/mol. The summed E-state index contributed by atoms with van der Waals surface area (Å²) in [7, 11) is 4.13. The van der Waals surface area contributed by atoms with Gasteiger partial charge >= 0.3 is 0 Å². The maximum atomic E-state index is 5.49. The van der Waals surface area contributed by atoms with Crippen LogP contribution in [0.1, 0.15) is 24.1 Å². The van der Waals surface area contributed by atoms with Gasteiger partial charge in [0.15, 0.2) is 5.11 Å². The molecule has 0 aromatic heterocycles. The number of aryl methyl sites for hydroxylation is 1. The maximum absolute atomic E-state index is 5.49. The highest BCUT2D eigenvalue weighted by atomic mass is 32.1. The second-order valence-electron chi connectivity index (χ2n) is 5.87. The van der Waals surface area contributed by atoms with E-state index in [1.807, 2.05) is 6.07 Å². The number of rotatable bonds is 6. The highest BCUT2D eigenvalue weighted by molar-refractivity contribution is 7.80. The molecule has 23 heavy (non-hydrogen) atoms. The van der Waals surface area contributed by atoms with Crippen molar-refractivity contribution in [1.29, 1.82) is 0 Å². The summed E-state index contributed by atoms with van der Waals surface area (Å²) in [5.74, 6) is 0. The Morgan fingerprint density at radius 2 is 1.70 bits per heavy atom. The largest absolute Gasteiger partial charge is 0.354 e. The van der Waals surface area contributed by atoms with Crippen LogP contribution in [0.2, 0.25) is 0 Å². The Balaban J connectivity index is 2.02. The first-order valence-corrected chi connectivity index (χ1v) is 8.35. The molecule has 2 rings (SSSR count). The predicted octanol–water partition coefficient (Wildman–Crippen LogP) is 3.84. The van der Waals surface area contributed by atoms with Crippen LogP contribution in [0.15, 0.2) is 54.6 Å². The Bertz CT molecular complexity index is 608. The standard InChI is InChI=1S/C19H25N3S/c1-4-15-10-12-17(13-11-15)20-19(23)21-18(14-22(2)3)16-8-6-5-7-9-16/h5-13,18H,4,14H2,1-3H3,(H2,20,21,23)/t18-/m0/s1. The number of anilines is 1. The molecule has 0 spiro atoms. The average Bonchev–Trinajstić information content (AvgIpc) is 2.55. The Kier molecular flexibility index (Phi) is 6.56. The number of thiocarbonyl (C=S) groups is 1. The van der Waals surface area contributed by atoms with Gasteiger partial charge in [-0.05, 0) is 56.0 Å². The fourth-order valence-corrected chi connectivity index (χ4v) is 2.69. The third-order valence-electron chi connectivity index (χ3n) is 3.68. The summed E-state index contributed by atoms with van der Waals surface area (Å²) >= 11 is 5.49. The molecule has 0 saturated heterocycles. The SMILES string of the molecule is CCc1ccc(NC(=S)N[C@@H](CN(C)C)c2ccccc2)cc1. The number of benzene rings is 2. The predicted molar refractivity (Wildman–Crippen MR) is 103 cm³/mol. The summed E-state index contributed by atoms with van der Waals surface area (Å²) in [5, 5.41) is 7.33. The normalized spacial score (nSPS) is 12.0. The second-order valence-corrected chi connectivity index (χ2v) is 6.28. The molecule has 0 unspecified atom stereocenters. The molecule has 2 aromatic rings. The summed E-state index contributed by atoms with van der Waals surface area (Å²) < 4.78 is 0. The van der Waals surface area contributed by atoms with E-state index in [-0.39, 0.29) is 6.04 Å². The van der Waals surface area contributed by atoms with Crippen molar-refractivity contribution < 1.29 is 0 Å². The molecule has 4 heteroatoms. The van der Waals surface area contributed by atoms with Gasteiger partial charge in [-0.2, -0.15) is 0 Å². The van der Waals surface area contributed by atoms with E-state index in [4.69, 9.17) is 12.2 Å². The molecular weight excluding hydrogens is 302 g/mol. The highest BCUT2D eigenvalue weighted by Gasteiger charge is 2.13. The molecule has 0 saturated carbocycles. The van der Waals surface area contributed by atoms with Crippen LogP contribution in [-0.2, 0) is 6.42 Å². The molecule has 0 bridgehead atoms. The van der Waals surface area contributed by atoms with E-state index < -0.39 is 0 Å². The van der Waals surface area contributed by atoms with Crippen molar-refractivity contribution in [2.45, 2.75) is 19.4 Å². The minimum atomic E-state index is 0.154. The smallest absolute Gasteiger partial charge is 0.171 e. The molecule has 0 radical (unpaired) electrons.